The predicted octanol–water partition coefficient (Wildman–Crippen LogP) is 2.75. The number of non-ortho nitro benzene ring substituents is 1. The summed E-state index contributed by atoms with van der Waals surface area (Å²) in [6.07, 6.45) is 1.46. The van der Waals surface area contributed by atoms with E-state index < -0.39 is 14.9 Å². The smallest absolute Gasteiger partial charge is 0.269 e. The van der Waals surface area contributed by atoms with Gasteiger partial charge in [0.15, 0.2) is 5.15 Å². The van der Waals surface area contributed by atoms with E-state index in [9.17, 15) is 18.5 Å². The molecule has 0 saturated heterocycles. The molecule has 1 aromatic heterocycles. The topological polar surface area (TPSA) is 102 Å². The molecule has 0 atom stereocenters. The number of rotatable bonds is 4. The van der Waals surface area contributed by atoms with Crippen LogP contribution in [0.15, 0.2) is 41.4 Å². The Balaban J connectivity index is 2.36. The van der Waals surface area contributed by atoms with E-state index in [-0.39, 0.29) is 21.4 Å². The van der Waals surface area contributed by atoms with E-state index in [1.165, 1.54) is 6.20 Å². The minimum atomic E-state index is -3.90. The zero-order valence-electron chi connectivity index (χ0n) is 10.8. The van der Waals surface area contributed by atoms with Crippen molar-refractivity contribution < 1.29 is 13.3 Å². The number of sulfonamides is 1. The van der Waals surface area contributed by atoms with Gasteiger partial charge in [0.2, 0.25) is 0 Å². The molecule has 0 aliphatic carbocycles. The van der Waals surface area contributed by atoms with Crippen LogP contribution in [-0.2, 0) is 10.0 Å². The first-order valence-electron chi connectivity index (χ1n) is 5.69. The molecule has 0 saturated carbocycles. The van der Waals surface area contributed by atoms with Gasteiger partial charge >= 0.3 is 0 Å². The van der Waals surface area contributed by atoms with E-state index in [1.807, 2.05) is 0 Å². The number of aryl methyl sites for hydroxylation is 1. The van der Waals surface area contributed by atoms with Crippen LogP contribution < -0.4 is 4.72 Å². The van der Waals surface area contributed by atoms with Crippen molar-refractivity contribution in [1.29, 1.82) is 0 Å². The Hall–Kier alpha value is -2.19. The van der Waals surface area contributed by atoms with Gasteiger partial charge < -0.3 is 0 Å². The van der Waals surface area contributed by atoms with Gasteiger partial charge in [-0.1, -0.05) is 11.6 Å². The molecule has 9 heteroatoms. The van der Waals surface area contributed by atoms with Gasteiger partial charge in [0.25, 0.3) is 15.7 Å². The van der Waals surface area contributed by atoms with Crippen molar-refractivity contribution in [2.24, 2.45) is 0 Å². The van der Waals surface area contributed by atoms with Crippen LogP contribution in [0.25, 0.3) is 0 Å². The van der Waals surface area contributed by atoms with Gasteiger partial charge in [-0.25, -0.2) is 13.4 Å². The molecule has 0 aliphatic rings. The number of benzene rings is 1. The molecule has 1 aromatic carbocycles. The highest BCUT2D eigenvalue weighted by molar-refractivity contribution is 7.92. The lowest BCUT2D eigenvalue weighted by atomic mass is 10.3. The number of anilines is 1. The molecule has 0 fully saturated rings. The summed E-state index contributed by atoms with van der Waals surface area (Å²) >= 11 is 5.86. The van der Waals surface area contributed by atoms with Gasteiger partial charge in [-0.2, -0.15) is 0 Å². The number of hydrogen-bond acceptors (Lipinski definition) is 5. The third-order valence-electron chi connectivity index (χ3n) is 2.71. The predicted molar refractivity (Wildman–Crippen MR) is 77.9 cm³/mol. The molecule has 0 spiro atoms. The van der Waals surface area contributed by atoms with Crippen LogP contribution in [0.5, 0.6) is 0 Å². The van der Waals surface area contributed by atoms with Crippen LogP contribution in [-0.4, -0.2) is 18.3 Å². The van der Waals surface area contributed by atoms with Crippen molar-refractivity contribution in [3.63, 3.8) is 0 Å². The van der Waals surface area contributed by atoms with E-state index in [2.05, 4.69) is 9.71 Å². The summed E-state index contributed by atoms with van der Waals surface area (Å²) in [5.41, 5.74) is 0.600. The normalized spacial score (nSPS) is 11.1. The number of nitro benzene ring substituents is 1. The average Bonchev–Trinajstić information content (AvgIpc) is 2.43. The molecule has 1 N–H and O–H groups in total. The maximum absolute atomic E-state index is 12.2. The van der Waals surface area contributed by atoms with Crippen LogP contribution in [0.4, 0.5) is 11.4 Å². The minimum absolute atomic E-state index is 0.0282. The maximum atomic E-state index is 12.2. The Morgan fingerprint density at radius 3 is 2.38 bits per heavy atom. The molecule has 110 valence electrons. The molecular formula is C12H10ClN3O4S. The molecular weight excluding hydrogens is 318 g/mol. The molecule has 0 radical (unpaired) electrons. The third-order valence-corrected chi connectivity index (χ3v) is 4.36. The molecule has 0 unspecified atom stereocenters. The highest BCUT2D eigenvalue weighted by Crippen LogP contribution is 2.26. The fraction of sp³-hybridized carbons (Fsp3) is 0.0833. The average molecular weight is 328 g/mol. The lowest BCUT2D eigenvalue weighted by molar-refractivity contribution is -0.384. The lowest BCUT2D eigenvalue weighted by Crippen LogP contribution is -2.14. The fourth-order valence-corrected chi connectivity index (χ4v) is 3.04. The number of hydrogen-bond donors (Lipinski definition) is 1. The van der Waals surface area contributed by atoms with E-state index in [0.29, 0.717) is 5.56 Å². The van der Waals surface area contributed by atoms with Crippen molar-refractivity contribution in [2.75, 3.05) is 4.72 Å². The summed E-state index contributed by atoms with van der Waals surface area (Å²) < 4.78 is 26.8. The van der Waals surface area contributed by atoms with Crippen molar-refractivity contribution in [3.05, 3.63) is 57.4 Å². The molecule has 0 bridgehead atoms. The van der Waals surface area contributed by atoms with Crippen molar-refractivity contribution in [3.8, 4) is 0 Å². The first-order valence-corrected chi connectivity index (χ1v) is 7.56. The first-order chi connectivity index (χ1) is 9.81. The number of nitro groups is 1. The highest BCUT2D eigenvalue weighted by atomic mass is 35.5. The third kappa shape index (κ3) is 3.29. The van der Waals surface area contributed by atoms with Gasteiger partial charge in [-0.05, 0) is 30.7 Å². The minimum Gasteiger partial charge on any atom is -0.276 e. The number of pyridine rings is 1. The summed E-state index contributed by atoms with van der Waals surface area (Å²) in [6, 6.07) is 6.15. The standard InChI is InChI=1S/C12H10ClN3O4S/c1-8-6-7-14-12(13)11(8)15-21(19,20)10-4-2-9(3-5-10)16(17)18/h2-7,15H,1H3. The summed E-state index contributed by atoms with van der Waals surface area (Å²) in [5.74, 6) is 0. The molecule has 1 heterocycles. The van der Waals surface area contributed by atoms with Gasteiger partial charge in [0.1, 0.15) is 0 Å². The number of nitrogens with one attached hydrogen (secondary N) is 1. The zero-order chi connectivity index (χ0) is 15.6. The Morgan fingerprint density at radius 1 is 1.24 bits per heavy atom. The van der Waals surface area contributed by atoms with Gasteiger partial charge in [0, 0.05) is 18.3 Å². The molecule has 2 aromatic rings. The SMILES string of the molecule is Cc1ccnc(Cl)c1NS(=O)(=O)c1ccc([N+](=O)[O-])cc1. The van der Waals surface area contributed by atoms with Crippen LogP contribution in [0, 0.1) is 17.0 Å². The van der Waals surface area contributed by atoms with Gasteiger partial charge in [-0.3, -0.25) is 14.8 Å². The monoisotopic (exact) mass is 327 g/mol. The largest absolute Gasteiger partial charge is 0.276 e. The Labute approximate surface area is 125 Å². The van der Waals surface area contributed by atoms with Crippen LogP contribution >= 0.6 is 11.6 Å². The highest BCUT2D eigenvalue weighted by Gasteiger charge is 2.18. The molecule has 21 heavy (non-hydrogen) atoms. The van der Waals surface area contributed by atoms with E-state index >= 15 is 0 Å². The molecule has 2 rings (SSSR count). The number of nitrogens with zero attached hydrogens (tertiary/aromatic N) is 2. The Morgan fingerprint density at radius 2 is 1.86 bits per heavy atom. The zero-order valence-corrected chi connectivity index (χ0v) is 12.4. The molecule has 7 nitrogen and oxygen atoms in total. The molecule has 0 aliphatic heterocycles. The summed E-state index contributed by atoms with van der Waals surface area (Å²) in [7, 11) is -3.90. The summed E-state index contributed by atoms with van der Waals surface area (Å²) in [5, 5.41) is 10.6. The van der Waals surface area contributed by atoms with Gasteiger partial charge in [0.05, 0.1) is 15.5 Å². The van der Waals surface area contributed by atoms with E-state index in [4.69, 9.17) is 11.6 Å². The lowest BCUT2D eigenvalue weighted by Gasteiger charge is -2.11. The van der Waals surface area contributed by atoms with Crippen LogP contribution in [0.2, 0.25) is 5.15 Å². The maximum Gasteiger partial charge on any atom is 0.269 e. The molecule has 0 amide bonds. The van der Waals surface area contributed by atoms with E-state index in [0.717, 1.165) is 24.3 Å². The number of aromatic nitrogens is 1. The van der Waals surface area contributed by atoms with E-state index in [1.54, 1.807) is 13.0 Å². The Kier molecular flexibility index (Phi) is 4.10. The van der Waals surface area contributed by atoms with Crippen LogP contribution in [0.3, 0.4) is 0 Å². The number of halogens is 1. The van der Waals surface area contributed by atoms with Crippen molar-refractivity contribution in [2.45, 2.75) is 11.8 Å². The van der Waals surface area contributed by atoms with Crippen molar-refractivity contribution >= 4 is 33.0 Å². The second-order valence-electron chi connectivity index (χ2n) is 4.15. The Bertz CT molecular complexity index is 770. The van der Waals surface area contributed by atoms with Crippen LogP contribution in [0.1, 0.15) is 5.56 Å². The first kappa shape index (κ1) is 15.2. The van der Waals surface area contributed by atoms with Crippen molar-refractivity contribution in [1.82, 2.24) is 4.98 Å². The fourth-order valence-electron chi connectivity index (χ4n) is 1.59. The van der Waals surface area contributed by atoms with Gasteiger partial charge in [-0.15, -0.1) is 0 Å². The summed E-state index contributed by atoms with van der Waals surface area (Å²) in [4.78, 5) is 13.7. The second kappa shape index (κ2) is 5.66. The quantitative estimate of drug-likeness (QED) is 0.528. The second-order valence-corrected chi connectivity index (χ2v) is 6.19. The summed E-state index contributed by atoms with van der Waals surface area (Å²) in [6.45, 7) is 1.68.